The highest BCUT2D eigenvalue weighted by atomic mass is 16.1. The summed E-state index contributed by atoms with van der Waals surface area (Å²) in [5.41, 5.74) is 3.05. The van der Waals surface area contributed by atoms with Crippen LogP contribution in [0.2, 0.25) is 0 Å². The van der Waals surface area contributed by atoms with Crippen molar-refractivity contribution in [3.8, 4) is 5.95 Å². The number of Topliss-reactive ketones (excluding diaryl/α,β-unsaturated/α-hetero) is 1. The number of carbonyl (C=O) groups excluding carboxylic acids is 1. The molecule has 17 heavy (non-hydrogen) atoms. The Balaban J connectivity index is 2.33. The number of aryl methyl sites for hydroxylation is 2. The van der Waals surface area contributed by atoms with E-state index in [0.717, 1.165) is 17.0 Å². The van der Waals surface area contributed by atoms with E-state index >= 15 is 0 Å². The van der Waals surface area contributed by atoms with Gasteiger partial charge in [0.25, 0.3) is 0 Å². The van der Waals surface area contributed by atoms with Gasteiger partial charge in [0.15, 0.2) is 0 Å². The fourth-order valence-electron chi connectivity index (χ4n) is 1.83. The van der Waals surface area contributed by atoms with E-state index in [1.54, 1.807) is 19.3 Å². The molecule has 0 aliphatic carbocycles. The molecule has 0 atom stereocenters. The van der Waals surface area contributed by atoms with Crippen LogP contribution in [0.1, 0.15) is 23.9 Å². The van der Waals surface area contributed by atoms with Gasteiger partial charge in [0.05, 0.1) is 0 Å². The fraction of sp³-hybridized carbons (Fsp3) is 0.308. The number of ketones is 1. The lowest BCUT2D eigenvalue weighted by Gasteiger charge is -2.07. The van der Waals surface area contributed by atoms with E-state index in [-0.39, 0.29) is 5.78 Å². The Morgan fingerprint density at radius 1 is 1.18 bits per heavy atom. The lowest BCUT2D eigenvalue weighted by atomic mass is 10.2. The number of hydrogen-bond acceptors (Lipinski definition) is 3. The van der Waals surface area contributed by atoms with Gasteiger partial charge in [-0.25, -0.2) is 9.97 Å². The molecule has 0 amide bonds. The standard InChI is InChI=1S/C13H15N3O/c1-9-4-5-10(2)16(9)13-14-7-12(8-15-13)6-11(3)17/h4-5,7-8H,6H2,1-3H3. The van der Waals surface area contributed by atoms with Crippen molar-refractivity contribution in [1.82, 2.24) is 14.5 Å². The highest BCUT2D eigenvalue weighted by Crippen LogP contribution is 2.12. The summed E-state index contributed by atoms with van der Waals surface area (Å²) in [5, 5.41) is 0. The highest BCUT2D eigenvalue weighted by Gasteiger charge is 2.06. The van der Waals surface area contributed by atoms with Crippen LogP contribution in [0.15, 0.2) is 24.5 Å². The van der Waals surface area contributed by atoms with E-state index < -0.39 is 0 Å². The monoisotopic (exact) mass is 229 g/mol. The van der Waals surface area contributed by atoms with E-state index in [1.165, 1.54) is 0 Å². The van der Waals surface area contributed by atoms with E-state index in [9.17, 15) is 4.79 Å². The van der Waals surface area contributed by atoms with Gasteiger partial charge >= 0.3 is 0 Å². The van der Waals surface area contributed by atoms with Crippen LogP contribution < -0.4 is 0 Å². The molecule has 0 aromatic carbocycles. The first-order chi connectivity index (χ1) is 8.08. The minimum absolute atomic E-state index is 0.120. The Labute approximate surface area is 100 Å². The molecule has 0 fully saturated rings. The summed E-state index contributed by atoms with van der Waals surface area (Å²) in [5.74, 6) is 0.770. The van der Waals surface area contributed by atoms with Crippen LogP contribution in [0.4, 0.5) is 0 Å². The topological polar surface area (TPSA) is 47.8 Å². The number of rotatable bonds is 3. The molecular weight excluding hydrogens is 214 g/mol. The van der Waals surface area contributed by atoms with Crippen LogP contribution in [-0.4, -0.2) is 20.3 Å². The number of aromatic nitrogens is 3. The Kier molecular flexibility index (Phi) is 3.04. The molecule has 0 spiro atoms. The summed E-state index contributed by atoms with van der Waals surface area (Å²) in [6.45, 7) is 5.59. The second-order valence-corrected chi connectivity index (χ2v) is 4.22. The van der Waals surface area contributed by atoms with Crippen molar-refractivity contribution in [2.24, 2.45) is 0 Å². The number of nitrogens with zero attached hydrogens (tertiary/aromatic N) is 3. The predicted molar refractivity (Wildman–Crippen MR) is 65.2 cm³/mol. The second kappa shape index (κ2) is 4.49. The molecule has 4 heteroatoms. The molecule has 88 valence electrons. The Bertz CT molecular complexity index is 521. The molecule has 0 bridgehead atoms. The molecule has 0 unspecified atom stereocenters. The second-order valence-electron chi connectivity index (χ2n) is 4.22. The van der Waals surface area contributed by atoms with Crippen molar-refractivity contribution in [2.45, 2.75) is 27.2 Å². The zero-order chi connectivity index (χ0) is 12.4. The minimum Gasteiger partial charge on any atom is -0.300 e. The van der Waals surface area contributed by atoms with Crippen LogP contribution in [0.3, 0.4) is 0 Å². The molecule has 4 nitrogen and oxygen atoms in total. The van der Waals surface area contributed by atoms with Crippen LogP contribution in [0, 0.1) is 13.8 Å². The summed E-state index contributed by atoms with van der Waals surface area (Å²) in [4.78, 5) is 19.6. The quantitative estimate of drug-likeness (QED) is 0.809. The molecule has 2 heterocycles. The summed E-state index contributed by atoms with van der Waals surface area (Å²) < 4.78 is 1.98. The highest BCUT2D eigenvalue weighted by molar-refractivity contribution is 5.77. The number of carbonyl (C=O) groups is 1. The van der Waals surface area contributed by atoms with Gasteiger partial charge in [-0.3, -0.25) is 9.36 Å². The van der Waals surface area contributed by atoms with Gasteiger partial charge in [-0.15, -0.1) is 0 Å². The SMILES string of the molecule is CC(=O)Cc1cnc(-n2c(C)ccc2C)nc1. The fourth-order valence-corrected chi connectivity index (χ4v) is 1.83. The maximum atomic E-state index is 11.0. The molecule has 0 saturated heterocycles. The van der Waals surface area contributed by atoms with Crippen LogP contribution in [0.5, 0.6) is 0 Å². The van der Waals surface area contributed by atoms with Gasteiger partial charge in [-0.1, -0.05) is 0 Å². The third-order valence-electron chi connectivity index (χ3n) is 2.62. The first-order valence-corrected chi connectivity index (χ1v) is 5.53. The molecule has 2 rings (SSSR count). The lowest BCUT2D eigenvalue weighted by molar-refractivity contribution is -0.116. The van der Waals surface area contributed by atoms with Gasteiger partial charge < -0.3 is 0 Å². The van der Waals surface area contributed by atoms with Crippen molar-refractivity contribution in [2.75, 3.05) is 0 Å². The molecule has 0 radical (unpaired) electrons. The lowest BCUT2D eigenvalue weighted by Crippen LogP contribution is -2.06. The third-order valence-corrected chi connectivity index (χ3v) is 2.62. The van der Waals surface area contributed by atoms with Crippen molar-refractivity contribution >= 4 is 5.78 Å². The van der Waals surface area contributed by atoms with Gasteiger partial charge in [0.2, 0.25) is 5.95 Å². The van der Waals surface area contributed by atoms with Crippen molar-refractivity contribution < 1.29 is 4.79 Å². The van der Waals surface area contributed by atoms with Gasteiger partial charge in [-0.05, 0) is 38.5 Å². The van der Waals surface area contributed by atoms with E-state index in [0.29, 0.717) is 12.4 Å². The van der Waals surface area contributed by atoms with E-state index in [4.69, 9.17) is 0 Å². The maximum absolute atomic E-state index is 11.0. The molecule has 0 aliphatic rings. The van der Waals surface area contributed by atoms with Crippen molar-refractivity contribution in [3.63, 3.8) is 0 Å². The average molecular weight is 229 g/mol. The van der Waals surface area contributed by atoms with Crippen molar-refractivity contribution in [1.29, 1.82) is 0 Å². The molecule has 2 aromatic rings. The largest absolute Gasteiger partial charge is 0.300 e. The zero-order valence-corrected chi connectivity index (χ0v) is 10.3. The first kappa shape index (κ1) is 11.5. The van der Waals surface area contributed by atoms with Gasteiger partial charge in [0.1, 0.15) is 5.78 Å². The average Bonchev–Trinajstić information content (AvgIpc) is 2.59. The van der Waals surface area contributed by atoms with Crippen LogP contribution >= 0.6 is 0 Å². The first-order valence-electron chi connectivity index (χ1n) is 5.53. The maximum Gasteiger partial charge on any atom is 0.233 e. The molecule has 0 saturated carbocycles. The van der Waals surface area contributed by atoms with Crippen LogP contribution in [0.25, 0.3) is 5.95 Å². The summed E-state index contributed by atoms with van der Waals surface area (Å²) in [7, 11) is 0. The molecule has 0 aliphatic heterocycles. The Hall–Kier alpha value is -1.97. The van der Waals surface area contributed by atoms with Crippen LogP contribution in [-0.2, 0) is 11.2 Å². The predicted octanol–water partition coefficient (Wildman–Crippen LogP) is 2.02. The molecule has 2 aromatic heterocycles. The van der Waals surface area contributed by atoms with E-state index in [2.05, 4.69) is 9.97 Å². The molecular formula is C13H15N3O. The minimum atomic E-state index is 0.120. The zero-order valence-electron chi connectivity index (χ0n) is 10.3. The molecule has 0 N–H and O–H groups in total. The van der Waals surface area contributed by atoms with E-state index in [1.807, 2.05) is 30.5 Å². The summed E-state index contributed by atoms with van der Waals surface area (Å²) in [6.07, 6.45) is 3.81. The van der Waals surface area contributed by atoms with Crippen molar-refractivity contribution in [3.05, 3.63) is 41.5 Å². The van der Waals surface area contributed by atoms with Gasteiger partial charge in [-0.2, -0.15) is 0 Å². The Morgan fingerprint density at radius 2 is 1.71 bits per heavy atom. The Morgan fingerprint density at radius 3 is 2.18 bits per heavy atom. The summed E-state index contributed by atoms with van der Waals surface area (Å²) in [6, 6.07) is 4.06. The normalized spacial score (nSPS) is 10.5. The number of hydrogen-bond donors (Lipinski definition) is 0. The third kappa shape index (κ3) is 2.41. The summed E-state index contributed by atoms with van der Waals surface area (Å²) >= 11 is 0. The van der Waals surface area contributed by atoms with Gasteiger partial charge in [0, 0.05) is 30.2 Å². The smallest absolute Gasteiger partial charge is 0.233 e.